The third-order valence-electron chi connectivity index (χ3n) is 7.45. The van der Waals surface area contributed by atoms with Gasteiger partial charge >= 0.3 is 0 Å². The average molecular weight is 495 g/mol. The van der Waals surface area contributed by atoms with Crippen molar-refractivity contribution in [2.24, 2.45) is 0 Å². The SMILES string of the molecule is C[C@H]1c2cc3c(cc2C2(CCCC2)CN1Cc1nnc(C(=O)Nc2ccc(F)cc2)s1)OCCO3. The highest BCUT2D eigenvalue weighted by molar-refractivity contribution is 7.13. The van der Waals surface area contributed by atoms with Gasteiger partial charge in [-0.1, -0.05) is 24.2 Å². The minimum atomic E-state index is -0.349. The number of hydrogen-bond acceptors (Lipinski definition) is 7. The molecular formula is C26H27FN4O3S. The van der Waals surface area contributed by atoms with Crippen molar-refractivity contribution in [3.05, 3.63) is 63.4 Å². The van der Waals surface area contributed by atoms with Crippen LogP contribution in [0.15, 0.2) is 36.4 Å². The molecule has 3 heterocycles. The van der Waals surface area contributed by atoms with E-state index in [1.165, 1.54) is 59.6 Å². The molecular weight excluding hydrogens is 467 g/mol. The van der Waals surface area contributed by atoms with Gasteiger partial charge in [-0.3, -0.25) is 9.69 Å². The molecule has 1 amide bonds. The minimum absolute atomic E-state index is 0.102. The summed E-state index contributed by atoms with van der Waals surface area (Å²) >= 11 is 1.30. The third kappa shape index (κ3) is 4.16. The predicted molar refractivity (Wildman–Crippen MR) is 131 cm³/mol. The Morgan fingerprint density at radius 1 is 1.14 bits per heavy atom. The molecule has 0 radical (unpaired) electrons. The van der Waals surface area contributed by atoms with E-state index in [1.54, 1.807) is 0 Å². The van der Waals surface area contributed by atoms with Crippen LogP contribution in [0.1, 0.15) is 64.6 Å². The molecule has 1 atom stereocenters. The van der Waals surface area contributed by atoms with Crippen molar-refractivity contribution in [3.63, 3.8) is 0 Å². The van der Waals surface area contributed by atoms with Gasteiger partial charge in [0.1, 0.15) is 24.0 Å². The monoisotopic (exact) mass is 494 g/mol. The number of benzene rings is 2. The molecule has 1 spiro atoms. The molecule has 9 heteroatoms. The molecule has 35 heavy (non-hydrogen) atoms. The lowest BCUT2D eigenvalue weighted by molar-refractivity contribution is 0.102. The molecule has 0 unspecified atom stereocenters. The second kappa shape index (κ2) is 8.87. The summed E-state index contributed by atoms with van der Waals surface area (Å²) in [4.78, 5) is 15.1. The van der Waals surface area contributed by atoms with Crippen LogP contribution in [0.25, 0.3) is 0 Å². The Morgan fingerprint density at radius 3 is 2.60 bits per heavy atom. The lowest BCUT2D eigenvalue weighted by Gasteiger charge is -2.46. The third-order valence-corrected chi connectivity index (χ3v) is 8.36. The molecule has 3 aliphatic rings. The molecule has 7 nitrogen and oxygen atoms in total. The number of fused-ring (bicyclic) bond motifs is 3. The van der Waals surface area contributed by atoms with Crippen LogP contribution < -0.4 is 14.8 Å². The van der Waals surface area contributed by atoms with Gasteiger partial charge in [0.15, 0.2) is 11.5 Å². The number of carbonyl (C=O) groups excluding carboxylic acids is 1. The number of carbonyl (C=O) groups is 1. The fraction of sp³-hybridized carbons (Fsp3) is 0.423. The lowest BCUT2D eigenvalue weighted by Crippen LogP contribution is -2.45. The standard InChI is InChI=1S/C26H27FN4O3S/c1-16-19-12-21-22(34-11-10-33-21)13-20(19)26(8-2-3-9-26)15-31(16)14-23-29-30-25(35-23)24(32)28-18-6-4-17(27)5-7-18/h4-7,12-13,16H,2-3,8-11,14-15H2,1H3,(H,28,32)/t16-/m0/s1. The van der Waals surface area contributed by atoms with Crippen LogP contribution in [0.5, 0.6) is 11.5 Å². The molecule has 1 N–H and O–H groups in total. The van der Waals surface area contributed by atoms with Crippen LogP contribution in [-0.4, -0.2) is 40.8 Å². The highest BCUT2D eigenvalue weighted by Crippen LogP contribution is 2.52. The number of anilines is 1. The number of nitrogens with one attached hydrogen (secondary N) is 1. The maximum atomic E-state index is 13.1. The Hall–Kier alpha value is -3.04. The van der Waals surface area contributed by atoms with Crippen LogP contribution in [0.3, 0.4) is 0 Å². The maximum Gasteiger partial charge on any atom is 0.286 e. The summed E-state index contributed by atoms with van der Waals surface area (Å²) in [6.45, 7) is 4.95. The summed E-state index contributed by atoms with van der Waals surface area (Å²) in [5.74, 6) is 1.00. The zero-order valence-corrected chi connectivity index (χ0v) is 20.4. The van der Waals surface area contributed by atoms with Crippen molar-refractivity contribution in [1.29, 1.82) is 0 Å². The van der Waals surface area contributed by atoms with E-state index in [0.717, 1.165) is 35.9 Å². The van der Waals surface area contributed by atoms with E-state index >= 15 is 0 Å². The summed E-state index contributed by atoms with van der Waals surface area (Å²) in [7, 11) is 0. The number of nitrogens with zero attached hydrogens (tertiary/aromatic N) is 3. The van der Waals surface area contributed by atoms with Gasteiger partial charge in [0.05, 0.1) is 6.54 Å². The first kappa shape index (κ1) is 22.4. The highest BCUT2D eigenvalue weighted by Gasteiger charge is 2.45. The molecule has 3 aromatic rings. The van der Waals surface area contributed by atoms with E-state index in [-0.39, 0.29) is 23.2 Å². The normalized spacial score (nSPS) is 20.6. The van der Waals surface area contributed by atoms with Gasteiger partial charge in [0, 0.05) is 23.7 Å². The Balaban J connectivity index is 1.24. The molecule has 182 valence electrons. The molecule has 0 bridgehead atoms. The van der Waals surface area contributed by atoms with Gasteiger partial charge < -0.3 is 14.8 Å². The molecule has 0 saturated heterocycles. The zero-order chi connectivity index (χ0) is 24.0. The molecule has 2 aliphatic heterocycles. The van der Waals surface area contributed by atoms with E-state index < -0.39 is 0 Å². The van der Waals surface area contributed by atoms with Crippen LogP contribution in [0.2, 0.25) is 0 Å². The molecule has 1 aromatic heterocycles. The van der Waals surface area contributed by atoms with Crippen molar-refractivity contribution >= 4 is 22.9 Å². The van der Waals surface area contributed by atoms with Crippen LogP contribution >= 0.6 is 11.3 Å². The van der Waals surface area contributed by atoms with E-state index in [4.69, 9.17) is 9.47 Å². The van der Waals surface area contributed by atoms with E-state index in [9.17, 15) is 9.18 Å². The smallest absolute Gasteiger partial charge is 0.286 e. The first-order valence-corrected chi connectivity index (χ1v) is 12.9. The molecule has 1 aliphatic carbocycles. The highest BCUT2D eigenvalue weighted by atomic mass is 32.1. The van der Waals surface area contributed by atoms with Gasteiger partial charge in [-0.2, -0.15) is 0 Å². The average Bonchev–Trinajstić information content (AvgIpc) is 3.54. The Bertz CT molecular complexity index is 1260. The Labute approximate surface area is 207 Å². The van der Waals surface area contributed by atoms with Crippen molar-refractivity contribution in [2.45, 2.75) is 50.6 Å². The van der Waals surface area contributed by atoms with Gasteiger partial charge in [-0.25, -0.2) is 4.39 Å². The summed E-state index contributed by atoms with van der Waals surface area (Å²) in [5.41, 5.74) is 3.32. The summed E-state index contributed by atoms with van der Waals surface area (Å²) in [6, 6.07) is 10.2. The fourth-order valence-corrected chi connectivity index (χ4v) is 6.45. The van der Waals surface area contributed by atoms with E-state index in [2.05, 4.69) is 39.5 Å². The number of ether oxygens (including phenoxy) is 2. The second-order valence-corrected chi connectivity index (χ2v) is 10.7. The number of aromatic nitrogens is 2. The lowest BCUT2D eigenvalue weighted by atomic mass is 9.71. The Kier molecular flexibility index (Phi) is 5.69. The molecule has 1 saturated carbocycles. The fourth-order valence-electron chi connectivity index (χ4n) is 5.69. The number of rotatable bonds is 4. The van der Waals surface area contributed by atoms with Crippen LogP contribution in [0.4, 0.5) is 10.1 Å². The quantitative estimate of drug-likeness (QED) is 0.545. The minimum Gasteiger partial charge on any atom is -0.486 e. The van der Waals surface area contributed by atoms with Gasteiger partial charge in [0.25, 0.3) is 5.91 Å². The van der Waals surface area contributed by atoms with E-state index in [1.807, 2.05) is 0 Å². The van der Waals surface area contributed by atoms with Crippen LogP contribution in [0, 0.1) is 5.82 Å². The van der Waals surface area contributed by atoms with Gasteiger partial charge in [-0.15, -0.1) is 10.2 Å². The zero-order valence-electron chi connectivity index (χ0n) is 19.6. The summed E-state index contributed by atoms with van der Waals surface area (Å²) in [5, 5.41) is 12.3. The maximum absolute atomic E-state index is 13.1. The van der Waals surface area contributed by atoms with Gasteiger partial charge in [0.2, 0.25) is 5.01 Å². The van der Waals surface area contributed by atoms with Crippen LogP contribution in [-0.2, 0) is 12.0 Å². The molecule has 6 rings (SSSR count). The number of hydrogen-bond donors (Lipinski definition) is 1. The Morgan fingerprint density at radius 2 is 1.86 bits per heavy atom. The largest absolute Gasteiger partial charge is 0.486 e. The molecule has 2 aromatic carbocycles. The topological polar surface area (TPSA) is 76.6 Å². The van der Waals surface area contributed by atoms with Crippen molar-refractivity contribution in [3.8, 4) is 11.5 Å². The summed E-state index contributed by atoms with van der Waals surface area (Å²) < 4.78 is 24.9. The van der Waals surface area contributed by atoms with Gasteiger partial charge in [-0.05, 0) is 67.3 Å². The number of halogens is 1. The second-order valence-electron chi connectivity index (χ2n) is 9.61. The number of amides is 1. The van der Waals surface area contributed by atoms with Crippen molar-refractivity contribution in [2.75, 3.05) is 25.1 Å². The summed E-state index contributed by atoms with van der Waals surface area (Å²) in [6.07, 6.45) is 4.76. The predicted octanol–water partition coefficient (Wildman–Crippen LogP) is 5.09. The van der Waals surface area contributed by atoms with Crippen molar-refractivity contribution in [1.82, 2.24) is 15.1 Å². The van der Waals surface area contributed by atoms with E-state index in [0.29, 0.717) is 30.5 Å². The van der Waals surface area contributed by atoms with Crippen molar-refractivity contribution < 1.29 is 18.7 Å². The molecule has 1 fully saturated rings. The first-order chi connectivity index (χ1) is 17.0. The first-order valence-electron chi connectivity index (χ1n) is 12.1.